The third kappa shape index (κ3) is 3.80. The fourth-order valence-electron chi connectivity index (χ4n) is 0.127. The molecule has 0 radical (unpaired) electrons. The van der Waals surface area contributed by atoms with E-state index >= 15 is 0 Å². The molecule has 2 N–H and O–H groups in total. The van der Waals surface area contributed by atoms with Crippen molar-refractivity contribution in [3.05, 3.63) is 12.7 Å². The van der Waals surface area contributed by atoms with E-state index in [2.05, 4.69) is 6.58 Å². The van der Waals surface area contributed by atoms with Crippen molar-refractivity contribution >= 4 is 7.95 Å². The molecule has 1 atom stereocenters. The molecule has 3 heteroatoms. The SMILES string of the molecule is C=CC[P+](N)=O. The van der Waals surface area contributed by atoms with Gasteiger partial charge in [0.05, 0.1) is 0 Å². The predicted octanol–water partition coefficient (Wildman–Crippen LogP) is 0.873. The number of hydrogen-bond acceptors (Lipinski definition) is 1. The molecule has 0 saturated carbocycles. The van der Waals surface area contributed by atoms with Crippen LogP contribution in [0.2, 0.25) is 0 Å². The Balaban J connectivity index is 3.05. The number of rotatable bonds is 2. The molecular formula is C3H7NOP+. The maximum atomic E-state index is 9.90. The second-order valence-corrected chi connectivity index (χ2v) is 2.09. The first-order valence-corrected chi connectivity index (χ1v) is 3.09. The average molecular weight is 104 g/mol. The second kappa shape index (κ2) is 3.01. The average Bonchev–Trinajstić information content (AvgIpc) is 1.35. The summed E-state index contributed by atoms with van der Waals surface area (Å²) < 4.78 is 9.90. The molecule has 0 aromatic rings. The Morgan fingerprint density at radius 2 is 2.50 bits per heavy atom. The highest BCUT2D eigenvalue weighted by Gasteiger charge is 1.97. The monoisotopic (exact) mass is 104 g/mol. The zero-order valence-corrected chi connectivity index (χ0v) is 4.32. The summed E-state index contributed by atoms with van der Waals surface area (Å²) in [5.41, 5.74) is 4.84. The van der Waals surface area contributed by atoms with Gasteiger partial charge in [0.25, 0.3) is 0 Å². The van der Waals surface area contributed by atoms with E-state index in [1.165, 1.54) is 0 Å². The molecule has 0 aliphatic heterocycles. The lowest BCUT2D eigenvalue weighted by Crippen LogP contribution is -1.78. The first-order valence-electron chi connectivity index (χ1n) is 1.57. The summed E-state index contributed by atoms with van der Waals surface area (Å²) in [5.74, 6) is 0. The van der Waals surface area contributed by atoms with E-state index in [9.17, 15) is 4.57 Å². The molecule has 0 heterocycles. The Labute approximate surface area is 37.9 Å². The molecular weight excluding hydrogens is 97.0 g/mol. The number of hydrogen-bond donors (Lipinski definition) is 1. The van der Waals surface area contributed by atoms with Crippen molar-refractivity contribution in [2.24, 2.45) is 5.50 Å². The van der Waals surface area contributed by atoms with Crippen molar-refractivity contribution in [3.63, 3.8) is 0 Å². The van der Waals surface area contributed by atoms with Gasteiger partial charge in [-0.3, -0.25) is 0 Å². The lowest BCUT2D eigenvalue weighted by molar-refractivity contribution is 0.590. The highest BCUT2D eigenvalue weighted by molar-refractivity contribution is 7.42. The van der Waals surface area contributed by atoms with E-state index in [0.717, 1.165) is 0 Å². The molecule has 1 unspecified atom stereocenters. The lowest BCUT2D eigenvalue weighted by Gasteiger charge is -1.60. The quantitative estimate of drug-likeness (QED) is 0.417. The van der Waals surface area contributed by atoms with Crippen LogP contribution in [0.15, 0.2) is 12.7 Å². The molecule has 34 valence electrons. The van der Waals surface area contributed by atoms with Crippen LogP contribution in [-0.2, 0) is 4.57 Å². The van der Waals surface area contributed by atoms with Crippen LogP contribution in [0.3, 0.4) is 0 Å². The minimum atomic E-state index is -1.47. The van der Waals surface area contributed by atoms with Gasteiger partial charge in [-0.15, -0.1) is 5.50 Å². The maximum absolute atomic E-state index is 9.90. The first kappa shape index (κ1) is 5.80. The molecule has 0 bridgehead atoms. The topological polar surface area (TPSA) is 43.1 Å². The van der Waals surface area contributed by atoms with Crippen molar-refractivity contribution < 1.29 is 4.57 Å². The van der Waals surface area contributed by atoms with Crippen LogP contribution in [-0.4, -0.2) is 6.16 Å². The molecule has 0 saturated heterocycles. The van der Waals surface area contributed by atoms with Crippen LogP contribution in [0.5, 0.6) is 0 Å². The van der Waals surface area contributed by atoms with Crippen LogP contribution < -0.4 is 5.50 Å². The number of allylic oxidation sites excluding steroid dienone is 1. The van der Waals surface area contributed by atoms with Crippen molar-refractivity contribution in [1.82, 2.24) is 0 Å². The minimum Gasteiger partial charge on any atom is -0.121 e. The van der Waals surface area contributed by atoms with E-state index in [-0.39, 0.29) is 0 Å². The van der Waals surface area contributed by atoms with Gasteiger partial charge in [0.1, 0.15) is 0 Å². The van der Waals surface area contributed by atoms with Crippen molar-refractivity contribution in [2.75, 3.05) is 6.16 Å². The molecule has 0 aliphatic carbocycles. The summed E-state index contributed by atoms with van der Waals surface area (Å²) >= 11 is 0. The van der Waals surface area contributed by atoms with Gasteiger partial charge in [0.2, 0.25) is 0 Å². The Kier molecular flexibility index (Phi) is 2.91. The normalized spacial score (nSPS) is 10.5. The third-order valence-corrected chi connectivity index (χ3v) is 0.927. The fourth-order valence-corrected chi connectivity index (χ4v) is 0.382. The standard InChI is InChI=1S/C3H7NOP/c1-2-3-6(4)5/h2H,1,3H2,(H2,4,5)/q+1. The molecule has 0 aliphatic rings. The summed E-state index contributed by atoms with van der Waals surface area (Å²) in [6.07, 6.45) is 1.97. The Hall–Kier alpha value is -0.200. The van der Waals surface area contributed by atoms with E-state index in [0.29, 0.717) is 6.16 Å². The van der Waals surface area contributed by atoms with Gasteiger partial charge < -0.3 is 0 Å². The zero-order valence-electron chi connectivity index (χ0n) is 3.42. The molecule has 0 fully saturated rings. The van der Waals surface area contributed by atoms with Crippen LogP contribution >= 0.6 is 7.95 Å². The van der Waals surface area contributed by atoms with Crippen LogP contribution in [0, 0.1) is 0 Å². The highest BCUT2D eigenvalue weighted by atomic mass is 31.1. The smallest absolute Gasteiger partial charge is 0.121 e. The van der Waals surface area contributed by atoms with E-state index < -0.39 is 7.95 Å². The summed E-state index contributed by atoms with van der Waals surface area (Å²) in [6, 6.07) is 0. The van der Waals surface area contributed by atoms with Crippen LogP contribution in [0.25, 0.3) is 0 Å². The molecule has 0 spiro atoms. The third-order valence-electron chi connectivity index (χ3n) is 0.309. The van der Waals surface area contributed by atoms with Gasteiger partial charge in [0.15, 0.2) is 6.16 Å². The molecule has 0 aromatic carbocycles. The number of nitrogens with two attached hydrogens (primary N) is 1. The summed E-state index contributed by atoms with van der Waals surface area (Å²) in [7, 11) is -1.47. The molecule has 6 heavy (non-hydrogen) atoms. The van der Waals surface area contributed by atoms with E-state index in [1.807, 2.05) is 0 Å². The van der Waals surface area contributed by atoms with Gasteiger partial charge in [-0.05, 0) is 6.08 Å². The molecule has 0 rings (SSSR count). The van der Waals surface area contributed by atoms with Crippen molar-refractivity contribution in [1.29, 1.82) is 0 Å². The summed E-state index contributed by atoms with van der Waals surface area (Å²) in [6.45, 7) is 3.34. The summed E-state index contributed by atoms with van der Waals surface area (Å²) in [4.78, 5) is 0. The van der Waals surface area contributed by atoms with Crippen molar-refractivity contribution in [3.8, 4) is 0 Å². The summed E-state index contributed by atoms with van der Waals surface area (Å²) in [5, 5.41) is 0. The Bertz CT molecular complexity index is 71.2. The Morgan fingerprint density at radius 1 is 2.00 bits per heavy atom. The molecule has 0 amide bonds. The second-order valence-electron chi connectivity index (χ2n) is 0.888. The zero-order chi connectivity index (χ0) is 4.99. The van der Waals surface area contributed by atoms with Gasteiger partial charge >= 0.3 is 7.95 Å². The Morgan fingerprint density at radius 3 is 2.50 bits per heavy atom. The first-order chi connectivity index (χ1) is 2.77. The van der Waals surface area contributed by atoms with Gasteiger partial charge in [-0.1, -0.05) is 11.1 Å². The van der Waals surface area contributed by atoms with Crippen LogP contribution in [0.4, 0.5) is 0 Å². The maximum Gasteiger partial charge on any atom is 0.433 e. The van der Waals surface area contributed by atoms with E-state index in [4.69, 9.17) is 5.50 Å². The fraction of sp³-hybridized carbons (Fsp3) is 0.333. The predicted molar refractivity (Wildman–Crippen MR) is 26.9 cm³/mol. The highest BCUT2D eigenvalue weighted by Crippen LogP contribution is 2.04. The van der Waals surface area contributed by atoms with Gasteiger partial charge in [-0.25, -0.2) is 0 Å². The minimum absolute atomic E-state index is 0.426. The van der Waals surface area contributed by atoms with Gasteiger partial charge in [-0.2, -0.15) is 0 Å². The van der Waals surface area contributed by atoms with E-state index in [1.54, 1.807) is 6.08 Å². The largest absolute Gasteiger partial charge is 0.433 e. The molecule has 0 aromatic heterocycles. The molecule has 2 nitrogen and oxygen atoms in total. The van der Waals surface area contributed by atoms with Crippen LogP contribution in [0.1, 0.15) is 0 Å². The van der Waals surface area contributed by atoms with Gasteiger partial charge in [0, 0.05) is 0 Å². The van der Waals surface area contributed by atoms with Crippen molar-refractivity contribution in [2.45, 2.75) is 0 Å². The lowest BCUT2D eigenvalue weighted by atomic mass is 10.8.